The molecule has 0 spiro atoms. The normalized spacial score (nSPS) is 12.3. The van der Waals surface area contributed by atoms with Crippen LogP contribution in [0.5, 0.6) is 0 Å². The molecule has 0 aromatic heterocycles. The summed E-state index contributed by atoms with van der Waals surface area (Å²) in [5.74, 6) is -0.322. The van der Waals surface area contributed by atoms with Crippen LogP contribution in [-0.2, 0) is 4.79 Å². The second-order valence-electron chi connectivity index (χ2n) is 4.87. The molecule has 0 saturated carbocycles. The molecule has 1 unspecified atom stereocenters. The van der Waals surface area contributed by atoms with Crippen LogP contribution in [-0.4, -0.2) is 41.6 Å². The van der Waals surface area contributed by atoms with Crippen molar-refractivity contribution in [3.63, 3.8) is 0 Å². The molecule has 5 heteroatoms. The van der Waals surface area contributed by atoms with Gasteiger partial charge in [-0.15, -0.1) is 0 Å². The number of urea groups is 1. The molecule has 2 N–H and O–H groups in total. The minimum Gasteiger partial charge on any atom is -0.480 e. The Morgan fingerprint density at radius 3 is 2.29 bits per heavy atom. The fraction of sp³-hybridized carbons (Fsp3) is 0.833. The van der Waals surface area contributed by atoms with Crippen LogP contribution in [0, 0.1) is 11.8 Å². The maximum atomic E-state index is 11.8. The highest BCUT2D eigenvalue weighted by atomic mass is 16.4. The molecule has 0 aromatic rings. The van der Waals surface area contributed by atoms with Crippen LogP contribution in [0.25, 0.3) is 0 Å². The maximum Gasteiger partial charge on any atom is 0.323 e. The summed E-state index contributed by atoms with van der Waals surface area (Å²) < 4.78 is 0. The summed E-state index contributed by atoms with van der Waals surface area (Å²) in [6, 6.07) is -0.290. The van der Waals surface area contributed by atoms with Crippen molar-refractivity contribution in [1.82, 2.24) is 10.2 Å². The first kappa shape index (κ1) is 15.7. The number of hydrogen-bond acceptors (Lipinski definition) is 2. The number of carboxylic acid groups (broad SMARTS) is 1. The van der Waals surface area contributed by atoms with E-state index in [1.165, 1.54) is 4.90 Å². The van der Waals surface area contributed by atoms with Gasteiger partial charge in [0.15, 0.2) is 0 Å². The van der Waals surface area contributed by atoms with E-state index in [0.29, 0.717) is 19.0 Å². The van der Waals surface area contributed by atoms with Crippen LogP contribution in [0.4, 0.5) is 4.79 Å². The first-order valence-electron chi connectivity index (χ1n) is 6.11. The zero-order valence-corrected chi connectivity index (χ0v) is 11.2. The fourth-order valence-electron chi connectivity index (χ4n) is 1.34. The number of aliphatic carboxylic acids is 1. The van der Waals surface area contributed by atoms with Crippen LogP contribution >= 0.6 is 0 Å². The number of rotatable bonds is 7. The van der Waals surface area contributed by atoms with E-state index < -0.39 is 5.97 Å². The van der Waals surface area contributed by atoms with E-state index in [4.69, 9.17) is 5.11 Å². The summed E-state index contributed by atoms with van der Waals surface area (Å²) in [5.41, 5.74) is 0. The number of nitrogens with one attached hydrogen (secondary N) is 1. The van der Waals surface area contributed by atoms with Gasteiger partial charge in [0.05, 0.1) is 0 Å². The van der Waals surface area contributed by atoms with E-state index in [9.17, 15) is 9.59 Å². The molecule has 0 aliphatic carbocycles. The first-order valence-corrected chi connectivity index (χ1v) is 6.11. The molecule has 0 aromatic carbocycles. The van der Waals surface area contributed by atoms with Crippen LogP contribution in [0.2, 0.25) is 0 Å². The highest BCUT2D eigenvalue weighted by Gasteiger charge is 2.17. The number of carboxylic acids is 1. The second kappa shape index (κ2) is 7.92. The van der Waals surface area contributed by atoms with Crippen LogP contribution in [0.15, 0.2) is 0 Å². The van der Waals surface area contributed by atoms with E-state index in [2.05, 4.69) is 12.2 Å². The molecule has 17 heavy (non-hydrogen) atoms. The molecule has 0 fully saturated rings. The molecule has 0 rings (SSSR count). The molecule has 0 bridgehead atoms. The van der Waals surface area contributed by atoms with E-state index >= 15 is 0 Å². The Morgan fingerprint density at radius 1 is 1.29 bits per heavy atom. The molecule has 1 atom stereocenters. The van der Waals surface area contributed by atoms with E-state index in [1.807, 2.05) is 20.8 Å². The SMILES string of the molecule is CCC(C)CNC(=O)N(CC(=O)O)CC(C)C. The largest absolute Gasteiger partial charge is 0.480 e. The van der Waals surface area contributed by atoms with Gasteiger partial charge in [-0.1, -0.05) is 34.1 Å². The standard InChI is InChI=1S/C12H24N2O3/c1-5-10(4)6-13-12(17)14(7-9(2)3)8-11(15)16/h9-10H,5-8H2,1-4H3,(H,13,17)(H,15,16). The van der Waals surface area contributed by atoms with Gasteiger partial charge in [-0.2, -0.15) is 0 Å². The summed E-state index contributed by atoms with van der Waals surface area (Å²) in [4.78, 5) is 23.8. The van der Waals surface area contributed by atoms with E-state index in [1.54, 1.807) is 0 Å². The van der Waals surface area contributed by atoms with Crippen molar-refractivity contribution in [2.75, 3.05) is 19.6 Å². The minimum absolute atomic E-state index is 0.246. The van der Waals surface area contributed by atoms with E-state index in [-0.39, 0.29) is 18.5 Å². The molecular weight excluding hydrogens is 220 g/mol. The van der Waals surface area contributed by atoms with Crippen LogP contribution in [0.3, 0.4) is 0 Å². The Labute approximate surface area is 103 Å². The smallest absolute Gasteiger partial charge is 0.323 e. The average Bonchev–Trinajstić information content (AvgIpc) is 2.23. The molecule has 0 radical (unpaired) electrons. The number of amides is 2. The predicted octanol–water partition coefficient (Wildman–Crippen LogP) is 1.78. The fourth-order valence-corrected chi connectivity index (χ4v) is 1.34. The van der Waals surface area contributed by atoms with Gasteiger partial charge in [-0.25, -0.2) is 4.79 Å². The van der Waals surface area contributed by atoms with Gasteiger partial charge in [0.1, 0.15) is 6.54 Å². The maximum absolute atomic E-state index is 11.8. The quantitative estimate of drug-likeness (QED) is 0.717. The van der Waals surface area contributed by atoms with Crippen LogP contribution < -0.4 is 5.32 Å². The van der Waals surface area contributed by atoms with Gasteiger partial charge in [-0.3, -0.25) is 4.79 Å². The summed E-state index contributed by atoms with van der Waals surface area (Å²) in [7, 11) is 0. The van der Waals surface area contributed by atoms with Gasteiger partial charge in [0.25, 0.3) is 0 Å². The van der Waals surface area contributed by atoms with Crippen molar-refractivity contribution in [3.05, 3.63) is 0 Å². The number of nitrogens with zero attached hydrogens (tertiary/aromatic N) is 1. The first-order chi connectivity index (χ1) is 7.86. The zero-order valence-electron chi connectivity index (χ0n) is 11.2. The third kappa shape index (κ3) is 7.60. The molecule has 0 heterocycles. The highest BCUT2D eigenvalue weighted by molar-refractivity contribution is 5.80. The lowest BCUT2D eigenvalue weighted by Gasteiger charge is -2.23. The minimum atomic E-state index is -0.982. The predicted molar refractivity (Wildman–Crippen MR) is 66.9 cm³/mol. The molecule has 0 aliphatic rings. The Morgan fingerprint density at radius 2 is 1.88 bits per heavy atom. The number of hydrogen-bond donors (Lipinski definition) is 2. The molecule has 5 nitrogen and oxygen atoms in total. The Balaban J connectivity index is 4.26. The lowest BCUT2D eigenvalue weighted by Crippen LogP contribution is -2.45. The van der Waals surface area contributed by atoms with Gasteiger partial charge in [0, 0.05) is 13.1 Å². The van der Waals surface area contributed by atoms with Crippen molar-refractivity contribution >= 4 is 12.0 Å². The van der Waals surface area contributed by atoms with Crippen molar-refractivity contribution in [2.24, 2.45) is 11.8 Å². The van der Waals surface area contributed by atoms with Crippen molar-refractivity contribution in [2.45, 2.75) is 34.1 Å². The molecule has 0 saturated heterocycles. The number of carbonyl (C=O) groups excluding carboxylic acids is 1. The monoisotopic (exact) mass is 244 g/mol. The second-order valence-corrected chi connectivity index (χ2v) is 4.87. The van der Waals surface area contributed by atoms with Gasteiger partial charge in [-0.05, 0) is 11.8 Å². The van der Waals surface area contributed by atoms with E-state index in [0.717, 1.165) is 6.42 Å². The Kier molecular flexibility index (Phi) is 7.34. The third-order valence-electron chi connectivity index (χ3n) is 2.50. The van der Waals surface area contributed by atoms with Gasteiger partial charge >= 0.3 is 12.0 Å². The lowest BCUT2D eigenvalue weighted by molar-refractivity contribution is -0.137. The molecule has 0 aliphatic heterocycles. The third-order valence-corrected chi connectivity index (χ3v) is 2.50. The van der Waals surface area contributed by atoms with Gasteiger partial charge < -0.3 is 15.3 Å². The molecular formula is C12H24N2O3. The van der Waals surface area contributed by atoms with Gasteiger partial charge in [0.2, 0.25) is 0 Å². The summed E-state index contributed by atoms with van der Waals surface area (Å²) in [5, 5.41) is 11.5. The lowest BCUT2D eigenvalue weighted by atomic mass is 10.1. The summed E-state index contributed by atoms with van der Waals surface area (Å²) in [6.07, 6.45) is 0.989. The summed E-state index contributed by atoms with van der Waals surface area (Å²) in [6.45, 7) is 8.81. The highest BCUT2D eigenvalue weighted by Crippen LogP contribution is 2.01. The van der Waals surface area contributed by atoms with Crippen molar-refractivity contribution < 1.29 is 14.7 Å². The molecule has 100 valence electrons. The average molecular weight is 244 g/mol. The zero-order chi connectivity index (χ0) is 13.4. The van der Waals surface area contributed by atoms with Crippen molar-refractivity contribution in [1.29, 1.82) is 0 Å². The van der Waals surface area contributed by atoms with Crippen molar-refractivity contribution in [3.8, 4) is 0 Å². The molecule has 2 amide bonds. The Bertz CT molecular complexity index is 254. The summed E-state index contributed by atoms with van der Waals surface area (Å²) >= 11 is 0. The number of carbonyl (C=O) groups is 2. The van der Waals surface area contributed by atoms with Crippen LogP contribution in [0.1, 0.15) is 34.1 Å². The topological polar surface area (TPSA) is 69.6 Å². The Hall–Kier alpha value is -1.26.